The molecular weight excluding hydrogens is 258 g/mol. The molecule has 0 unspecified atom stereocenters. The fourth-order valence-corrected chi connectivity index (χ4v) is 1.67. The van der Waals surface area contributed by atoms with Gasteiger partial charge in [-0.15, -0.1) is 5.06 Å². The molecule has 0 aromatic heterocycles. The second-order valence-electron chi connectivity index (χ2n) is 4.36. The summed E-state index contributed by atoms with van der Waals surface area (Å²) in [6.07, 6.45) is 1.04. The van der Waals surface area contributed by atoms with Gasteiger partial charge in [0, 0.05) is 14.2 Å². The van der Waals surface area contributed by atoms with Crippen LogP contribution in [0.1, 0.15) is 12.0 Å². The van der Waals surface area contributed by atoms with E-state index in [2.05, 4.69) is 0 Å². The molecule has 0 fully saturated rings. The fraction of sp³-hybridized carbons (Fsp3) is 0.533. The van der Waals surface area contributed by atoms with Gasteiger partial charge in [-0.3, -0.25) is 4.79 Å². The van der Waals surface area contributed by atoms with Crippen LogP contribution in [0.15, 0.2) is 30.3 Å². The minimum Gasteiger partial charge on any atom is -0.383 e. The highest BCUT2D eigenvalue weighted by atomic mass is 16.7. The van der Waals surface area contributed by atoms with Crippen molar-refractivity contribution in [3.8, 4) is 0 Å². The number of hydroxylamine groups is 2. The van der Waals surface area contributed by atoms with E-state index in [9.17, 15) is 4.79 Å². The normalized spacial score (nSPS) is 10.8. The standard InChI is InChI=1S/C15H23NO4/c1-18-12-10-16(11-13-19-2)20-15(17)9-8-14-6-4-3-5-7-14/h3-7H,8-13H2,1-2H3. The number of carbonyl (C=O) groups is 1. The first-order valence-electron chi connectivity index (χ1n) is 6.73. The summed E-state index contributed by atoms with van der Waals surface area (Å²) in [5.41, 5.74) is 1.13. The topological polar surface area (TPSA) is 48.0 Å². The summed E-state index contributed by atoms with van der Waals surface area (Å²) in [6, 6.07) is 9.88. The zero-order valence-electron chi connectivity index (χ0n) is 12.2. The Kier molecular flexibility index (Phi) is 8.62. The van der Waals surface area contributed by atoms with Gasteiger partial charge in [0.15, 0.2) is 0 Å². The van der Waals surface area contributed by atoms with Gasteiger partial charge in [0.05, 0.1) is 32.7 Å². The molecule has 5 nitrogen and oxygen atoms in total. The Hall–Kier alpha value is -1.43. The first kappa shape index (κ1) is 16.6. The summed E-state index contributed by atoms with van der Waals surface area (Å²) in [7, 11) is 3.23. The molecule has 0 aliphatic rings. The second kappa shape index (κ2) is 10.4. The molecule has 1 aromatic rings. The van der Waals surface area contributed by atoms with Gasteiger partial charge in [0.25, 0.3) is 0 Å². The van der Waals surface area contributed by atoms with Gasteiger partial charge in [-0.05, 0) is 12.0 Å². The highest BCUT2D eigenvalue weighted by molar-refractivity contribution is 5.69. The van der Waals surface area contributed by atoms with Crippen molar-refractivity contribution >= 4 is 5.97 Å². The van der Waals surface area contributed by atoms with Gasteiger partial charge in [-0.25, -0.2) is 0 Å². The smallest absolute Gasteiger partial charge is 0.325 e. The maximum absolute atomic E-state index is 11.8. The highest BCUT2D eigenvalue weighted by Gasteiger charge is 2.11. The van der Waals surface area contributed by atoms with Crippen molar-refractivity contribution in [3.05, 3.63) is 35.9 Å². The molecule has 0 amide bonds. The van der Waals surface area contributed by atoms with Gasteiger partial charge >= 0.3 is 5.97 Å². The van der Waals surface area contributed by atoms with Crippen molar-refractivity contribution in [2.45, 2.75) is 12.8 Å². The monoisotopic (exact) mass is 281 g/mol. The summed E-state index contributed by atoms with van der Waals surface area (Å²) in [6.45, 7) is 2.10. The molecule has 1 aromatic carbocycles. The van der Waals surface area contributed by atoms with Gasteiger partial charge in [0.1, 0.15) is 0 Å². The number of hydrogen-bond acceptors (Lipinski definition) is 5. The Morgan fingerprint density at radius 1 is 1.05 bits per heavy atom. The van der Waals surface area contributed by atoms with E-state index in [0.29, 0.717) is 39.1 Å². The molecule has 0 bridgehead atoms. The maximum atomic E-state index is 11.8. The Morgan fingerprint density at radius 2 is 1.65 bits per heavy atom. The Morgan fingerprint density at radius 3 is 2.20 bits per heavy atom. The van der Waals surface area contributed by atoms with Crippen molar-refractivity contribution in [1.29, 1.82) is 0 Å². The van der Waals surface area contributed by atoms with E-state index in [-0.39, 0.29) is 5.97 Å². The van der Waals surface area contributed by atoms with Gasteiger partial charge in [-0.2, -0.15) is 0 Å². The molecule has 0 heterocycles. The van der Waals surface area contributed by atoms with E-state index >= 15 is 0 Å². The Labute approximate surface area is 120 Å². The summed E-state index contributed by atoms with van der Waals surface area (Å²) >= 11 is 0. The van der Waals surface area contributed by atoms with Crippen molar-refractivity contribution in [2.24, 2.45) is 0 Å². The minimum atomic E-state index is -0.235. The van der Waals surface area contributed by atoms with Crippen LogP contribution >= 0.6 is 0 Å². The summed E-state index contributed by atoms with van der Waals surface area (Å²) in [5.74, 6) is -0.235. The van der Waals surface area contributed by atoms with Crippen LogP contribution in [0.5, 0.6) is 0 Å². The molecule has 5 heteroatoms. The average Bonchev–Trinajstić information content (AvgIpc) is 2.49. The molecule has 0 spiro atoms. The second-order valence-corrected chi connectivity index (χ2v) is 4.36. The quantitative estimate of drug-likeness (QED) is 0.611. The summed E-state index contributed by atoms with van der Waals surface area (Å²) < 4.78 is 9.98. The Bertz CT molecular complexity index is 361. The molecule has 0 N–H and O–H groups in total. The first-order valence-corrected chi connectivity index (χ1v) is 6.73. The van der Waals surface area contributed by atoms with E-state index in [0.717, 1.165) is 5.56 Å². The third-order valence-corrected chi connectivity index (χ3v) is 2.78. The molecule has 1 rings (SSSR count). The minimum absolute atomic E-state index is 0.235. The molecule has 112 valence electrons. The zero-order chi connectivity index (χ0) is 14.6. The number of rotatable bonds is 10. The molecule has 0 saturated heterocycles. The van der Waals surface area contributed by atoms with Crippen LogP contribution in [-0.4, -0.2) is 51.6 Å². The molecule has 20 heavy (non-hydrogen) atoms. The SMILES string of the molecule is COCCN(CCOC)OC(=O)CCc1ccccc1. The van der Waals surface area contributed by atoms with E-state index < -0.39 is 0 Å². The van der Waals surface area contributed by atoms with E-state index in [1.54, 1.807) is 19.3 Å². The Balaban J connectivity index is 2.32. The number of aryl methyl sites for hydroxylation is 1. The van der Waals surface area contributed by atoms with Crippen LogP contribution in [0.2, 0.25) is 0 Å². The molecule has 0 aliphatic heterocycles. The lowest BCUT2D eigenvalue weighted by Gasteiger charge is -2.20. The lowest BCUT2D eigenvalue weighted by atomic mass is 10.1. The van der Waals surface area contributed by atoms with Crippen LogP contribution in [-0.2, 0) is 25.5 Å². The van der Waals surface area contributed by atoms with Gasteiger partial charge in [-0.1, -0.05) is 30.3 Å². The number of benzene rings is 1. The van der Waals surface area contributed by atoms with Crippen molar-refractivity contribution < 1.29 is 19.1 Å². The van der Waals surface area contributed by atoms with Crippen LogP contribution in [0.25, 0.3) is 0 Å². The third-order valence-electron chi connectivity index (χ3n) is 2.78. The lowest BCUT2D eigenvalue weighted by Crippen LogP contribution is -2.33. The van der Waals surface area contributed by atoms with Crippen molar-refractivity contribution in [3.63, 3.8) is 0 Å². The van der Waals surface area contributed by atoms with E-state index in [1.165, 1.54) is 0 Å². The third kappa shape index (κ3) is 7.23. The molecule has 0 saturated carbocycles. The zero-order valence-corrected chi connectivity index (χ0v) is 12.2. The van der Waals surface area contributed by atoms with Crippen LogP contribution in [0.3, 0.4) is 0 Å². The number of hydrogen-bond donors (Lipinski definition) is 0. The summed E-state index contributed by atoms with van der Waals surface area (Å²) in [5, 5.41) is 1.58. The van der Waals surface area contributed by atoms with Gasteiger partial charge < -0.3 is 14.3 Å². The van der Waals surface area contributed by atoms with Crippen molar-refractivity contribution in [1.82, 2.24) is 5.06 Å². The van der Waals surface area contributed by atoms with Crippen LogP contribution in [0.4, 0.5) is 0 Å². The summed E-state index contributed by atoms with van der Waals surface area (Å²) in [4.78, 5) is 17.1. The lowest BCUT2D eigenvalue weighted by molar-refractivity contribution is -0.195. The van der Waals surface area contributed by atoms with Crippen molar-refractivity contribution in [2.75, 3.05) is 40.5 Å². The maximum Gasteiger partial charge on any atom is 0.325 e. The predicted octanol–water partition coefficient (Wildman–Crippen LogP) is 1.67. The molecule has 0 radical (unpaired) electrons. The number of carbonyl (C=O) groups excluding carboxylic acids is 1. The van der Waals surface area contributed by atoms with Crippen LogP contribution < -0.4 is 0 Å². The van der Waals surface area contributed by atoms with Crippen LogP contribution in [0, 0.1) is 0 Å². The average molecular weight is 281 g/mol. The van der Waals surface area contributed by atoms with E-state index in [4.69, 9.17) is 14.3 Å². The molecule has 0 aliphatic carbocycles. The highest BCUT2D eigenvalue weighted by Crippen LogP contribution is 2.04. The fourth-order valence-electron chi connectivity index (χ4n) is 1.67. The molecular formula is C15H23NO4. The number of ether oxygens (including phenoxy) is 2. The first-order chi connectivity index (χ1) is 9.76. The van der Waals surface area contributed by atoms with Gasteiger partial charge in [0.2, 0.25) is 0 Å². The number of methoxy groups -OCH3 is 2. The number of nitrogens with zero attached hydrogens (tertiary/aromatic N) is 1. The van der Waals surface area contributed by atoms with E-state index in [1.807, 2.05) is 30.3 Å². The largest absolute Gasteiger partial charge is 0.383 e. The predicted molar refractivity (Wildman–Crippen MR) is 76.2 cm³/mol. The molecule has 0 atom stereocenters.